The average molecular weight is 691 g/mol. The summed E-state index contributed by atoms with van der Waals surface area (Å²) in [4.78, 5) is 34.0. The molecule has 2 N–H and O–H groups in total. The summed E-state index contributed by atoms with van der Waals surface area (Å²) >= 11 is 2.18. The summed E-state index contributed by atoms with van der Waals surface area (Å²) in [6.07, 6.45) is 37.2. The van der Waals surface area contributed by atoms with Gasteiger partial charge in [0.2, 0.25) is 11.8 Å². The quantitative estimate of drug-likeness (QED) is 0.0548. The second kappa shape index (κ2) is 41.9. The SMILES string of the molecule is CCCCCCCCCCCCSCCCCCCCCCCCCC(=O)NCCCCCCCCCCC(=O)NCCC(=O)[O-].[Na+]. The van der Waals surface area contributed by atoms with Crippen molar-refractivity contribution in [3.63, 3.8) is 0 Å². The fourth-order valence-electron chi connectivity index (χ4n) is 5.88. The summed E-state index contributed by atoms with van der Waals surface area (Å²) in [6, 6.07) is 0. The van der Waals surface area contributed by atoms with Gasteiger partial charge in [-0.1, -0.05) is 155 Å². The number of thioether (sulfide) groups is 1. The minimum atomic E-state index is -1.14. The van der Waals surface area contributed by atoms with Crippen LogP contribution in [0.15, 0.2) is 0 Å². The smallest absolute Gasteiger partial charge is 0.550 e. The molecule has 0 aliphatic heterocycles. The zero-order valence-corrected chi connectivity index (χ0v) is 34.1. The monoisotopic (exact) mass is 691 g/mol. The van der Waals surface area contributed by atoms with Gasteiger partial charge in [-0.3, -0.25) is 9.59 Å². The molecule has 0 aromatic heterocycles. The Morgan fingerprint density at radius 3 is 1.13 bits per heavy atom. The Bertz CT molecular complexity index is 683. The predicted molar refractivity (Wildman–Crippen MR) is 197 cm³/mol. The van der Waals surface area contributed by atoms with Gasteiger partial charge in [0.25, 0.3) is 0 Å². The van der Waals surface area contributed by atoms with Crippen molar-refractivity contribution in [1.82, 2.24) is 10.6 Å². The van der Waals surface area contributed by atoms with Gasteiger partial charge in [0.15, 0.2) is 0 Å². The molecule has 272 valence electrons. The Balaban J connectivity index is 0. The Hall–Kier alpha value is -0.240. The number of nitrogens with one attached hydrogen (secondary N) is 2. The molecule has 0 aromatic carbocycles. The van der Waals surface area contributed by atoms with Crippen LogP contribution >= 0.6 is 11.8 Å². The number of amides is 2. The first-order valence-electron chi connectivity index (χ1n) is 19.9. The van der Waals surface area contributed by atoms with E-state index in [4.69, 9.17) is 0 Å². The first kappa shape index (κ1) is 48.9. The van der Waals surface area contributed by atoms with Crippen LogP contribution in [0.4, 0.5) is 0 Å². The third-order valence-electron chi connectivity index (χ3n) is 8.89. The summed E-state index contributed by atoms with van der Waals surface area (Å²) in [6.45, 7) is 3.24. The van der Waals surface area contributed by atoms with E-state index in [-0.39, 0.29) is 54.3 Å². The molecule has 0 atom stereocenters. The Kier molecular flexibility index (Phi) is 43.6. The van der Waals surface area contributed by atoms with Crippen molar-refractivity contribution in [1.29, 1.82) is 0 Å². The van der Waals surface area contributed by atoms with Crippen molar-refractivity contribution in [3.8, 4) is 0 Å². The standard InChI is InChI=1S/C39H76N2O4S.Na/c1-2-3-4-5-6-7-13-18-23-28-35-46-36-29-24-19-14-9-8-10-15-20-25-30-37(42)40-33-27-22-17-12-11-16-21-26-31-38(43)41-34-32-39(44)45;/h2-36H2,1H3,(H,40,42)(H,41,43)(H,44,45);/q;+1/p-1. The molecular formula is C39H75N2NaO4S. The van der Waals surface area contributed by atoms with Crippen molar-refractivity contribution >= 4 is 29.5 Å². The van der Waals surface area contributed by atoms with Crippen molar-refractivity contribution < 1.29 is 49.0 Å². The number of carbonyl (C=O) groups excluding carboxylic acids is 3. The van der Waals surface area contributed by atoms with E-state index in [1.807, 2.05) is 0 Å². The molecule has 0 saturated carbocycles. The van der Waals surface area contributed by atoms with E-state index >= 15 is 0 Å². The van der Waals surface area contributed by atoms with Crippen LogP contribution in [0.3, 0.4) is 0 Å². The van der Waals surface area contributed by atoms with Gasteiger partial charge in [0.1, 0.15) is 0 Å². The van der Waals surface area contributed by atoms with Crippen LogP contribution in [0.1, 0.15) is 206 Å². The van der Waals surface area contributed by atoms with Crippen molar-refractivity contribution in [2.75, 3.05) is 24.6 Å². The molecule has 0 fully saturated rings. The number of carbonyl (C=O) groups is 3. The molecule has 6 nitrogen and oxygen atoms in total. The summed E-state index contributed by atoms with van der Waals surface area (Å²) in [5.74, 6) is 1.73. The molecule has 0 aromatic rings. The largest absolute Gasteiger partial charge is 1.00 e. The van der Waals surface area contributed by atoms with Gasteiger partial charge < -0.3 is 20.5 Å². The van der Waals surface area contributed by atoms with Crippen LogP contribution in [0.5, 0.6) is 0 Å². The Labute approximate surface area is 318 Å². The van der Waals surface area contributed by atoms with E-state index in [1.165, 1.54) is 153 Å². The van der Waals surface area contributed by atoms with Crippen molar-refractivity contribution in [3.05, 3.63) is 0 Å². The molecule has 0 radical (unpaired) electrons. The van der Waals surface area contributed by atoms with E-state index in [9.17, 15) is 19.5 Å². The summed E-state index contributed by atoms with van der Waals surface area (Å²) in [7, 11) is 0. The first-order valence-corrected chi connectivity index (χ1v) is 21.0. The molecular weight excluding hydrogens is 615 g/mol. The molecule has 0 saturated heterocycles. The molecule has 0 aliphatic rings. The second-order valence-corrected chi connectivity index (χ2v) is 14.7. The molecule has 0 bridgehead atoms. The van der Waals surface area contributed by atoms with E-state index < -0.39 is 5.97 Å². The fourth-order valence-corrected chi connectivity index (χ4v) is 6.90. The maximum atomic E-state index is 12.1. The minimum Gasteiger partial charge on any atom is -0.550 e. The number of carboxylic acid groups (broad SMARTS) is 1. The van der Waals surface area contributed by atoms with Crippen molar-refractivity contribution in [2.45, 2.75) is 206 Å². The summed E-state index contributed by atoms with van der Waals surface area (Å²) in [5, 5.41) is 16.0. The van der Waals surface area contributed by atoms with E-state index in [0.29, 0.717) is 12.8 Å². The number of carboxylic acids is 1. The Morgan fingerprint density at radius 1 is 0.426 bits per heavy atom. The van der Waals surface area contributed by atoms with Gasteiger partial charge in [-0.2, -0.15) is 11.8 Å². The van der Waals surface area contributed by atoms with Gasteiger partial charge >= 0.3 is 29.6 Å². The van der Waals surface area contributed by atoms with Gasteiger partial charge in [-0.15, -0.1) is 0 Å². The van der Waals surface area contributed by atoms with Crippen LogP contribution in [0.25, 0.3) is 0 Å². The molecule has 0 spiro atoms. The maximum Gasteiger partial charge on any atom is 1.00 e. The van der Waals surface area contributed by atoms with E-state index in [1.54, 1.807) is 0 Å². The van der Waals surface area contributed by atoms with Crippen molar-refractivity contribution in [2.24, 2.45) is 0 Å². The summed E-state index contributed by atoms with van der Waals surface area (Å²) < 4.78 is 0. The van der Waals surface area contributed by atoms with Gasteiger partial charge in [-0.05, 0) is 43.6 Å². The summed E-state index contributed by atoms with van der Waals surface area (Å²) in [5.41, 5.74) is 0. The van der Waals surface area contributed by atoms with Crippen LogP contribution in [-0.4, -0.2) is 42.4 Å². The predicted octanol–water partition coefficient (Wildman–Crippen LogP) is 6.82. The number of hydrogen-bond donors (Lipinski definition) is 2. The van der Waals surface area contributed by atoms with Crippen LogP contribution < -0.4 is 45.3 Å². The van der Waals surface area contributed by atoms with Gasteiger partial charge in [-0.25, -0.2) is 0 Å². The molecule has 0 heterocycles. The van der Waals surface area contributed by atoms with E-state index in [0.717, 1.165) is 45.1 Å². The molecule has 0 unspecified atom stereocenters. The van der Waals surface area contributed by atoms with Gasteiger partial charge in [0.05, 0.1) is 0 Å². The molecule has 8 heteroatoms. The van der Waals surface area contributed by atoms with Crippen LogP contribution in [0, 0.1) is 0 Å². The molecule has 0 aliphatic carbocycles. The number of aliphatic carboxylic acids is 1. The van der Waals surface area contributed by atoms with Crippen LogP contribution in [0.2, 0.25) is 0 Å². The zero-order chi connectivity index (χ0) is 33.6. The van der Waals surface area contributed by atoms with Crippen LogP contribution in [-0.2, 0) is 14.4 Å². The first-order chi connectivity index (χ1) is 22.6. The minimum absolute atomic E-state index is 0. The molecule has 2 amide bonds. The molecule has 47 heavy (non-hydrogen) atoms. The fraction of sp³-hybridized carbons (Fsp3) is 0.923. The second-order valence-electron chi connectivity index (χ2n) is 13.5. The van der Waals surface area contributed by atoms with E-state index in [2.05, 4.69) is 29.3 Å². The number of rotatable bonds is 38. The third-order valence-corrected chi connectivity index (χ3v) is 10.0. The third kappa shape index (κ3) is 43.7. The zero-order valence-electron chi connectivity index (χ0n) is 31.3. The Morgan fingerprint density at radius 2 is 0.745 bits per heavy atom. The topological polar surface area (TPSA) is 98.3 Å². The number of hydrogen-bond acceptors (Lipinski definition) is 5. The molecule has 0 rings (SSSR count). The maximum absolute atomic E-state index is 12.1. The van der Waals surface area contributed by atoms with Gasteiger partial charge in [0, 0.05) is 38.3 Å². The number of unbranched alkanes of at least 4 members (excludes halogenated alkanes) is 25. The normalized spacial score (nSPS) is 10.9. The average Bonchev–Trinajstić information content (AvgIpc) is 3.03.